The van der Waals surface area contributed by atoms with Crippen molar-refractivity contribution in [1.82, 2.24) is 19.6 Å². The molecule has 1 aliphatic rings. The van der Waals surface area contributed by atoms with E-state index in [1.807, 2.05) is 0 Å². The number of hydrogen-bond acceptors (Lipinski definition) is 6. The molecule has 0 bridgehead atoms. The minimum absolute atomic E-state index is 0.122. The normalized spacial score (nSPS) is 13.5. The zero-order valence-corrected chi connectivity index (χ0v) is 12.5. The molecule has 0 aliphatic carbocycles. The lowest BCUT2D eigenvalue weighted by Gasteiger charge is -2.12. The number of imidazole rings is 1. The number of aryl methyl sites for hydroxylation is 1. The Hall–Kier alpha value is -3.55. The van der Waals surface area contributed by atoms with Crippen LogP contribution in [0.3, 0.4) is 0 Å². The van der Waals surface area contributed by atoms with Crippen LogP contribution >= 0.6 is 0 Å². The molecule has 0 saturated heterocycles. The summed E-state index contributed by atoms with van der Waals surface area (Å²) >= 11 is 0. The lowest BCUT2D eigenvalue weighted by atomic mass is 10.1. The Morgan fingerprint density at radius 1 is 1.04 bits per heavy atom. The summed E-state index contributed by atoms with van der Waals surface area (Å²) in [4.78, 5) is 50.2. The highest BCUT2D eigenvalue weighted by Gasteiger charge is 2.39. The minimum atomic E-state index is -0.851. The van der Waals surface area contributed by atoms with E-state index in [0.29, 0.717) is 16.2 Å². The van der Waals surface area contributed by atoms with Crippen LogP contribution in [0.4, 0.5) is 0 Å². The highest BCUT2D eigenvalue weighted by molar-refractivity contribution is 6.21. The van der Waals surface area contributed by atoms with Gasteiger partial charge in [0.25, 0.3) is 11.8 Å². The summed E-state index contributed by atoms with van der Waals surface area (Å²) in [5, 5.41) is 0.474. The van der Waals surface area contributed by atoms with Gasteiger partial charge in [-0.25, -0.2) is 14.8 Å². The van der Waals surface area contributed by atoms with Crippen LogP contribution in [0.5, 0.6) is 0 Å². The van der Waals surface area contributed by atoms with Crippen LogP contribution in [0.25, 0.3) is 11.2 Å². The molecule has 0 unspecified atom stereocenters. The van der Waals surface area contributed by atoms with Crippen molar-refractivity contribution in [2.75, 3.05) is 0 Å². The number of carbonyl (C=O) groups is 3. The van der Waals surface area contributed by atoms with Crippen LogP contribution in [0.2, 0.25) is 0 Å². The van der Waals surface area contributed by atoms with Crippen LogP contribution in [0, 0.1) is 0 Å². The van der Waals surface area contributed by atoms with Crippen LogP contribution < -0.4 is 0 Å². The van der Waals surface area contributed by atoms with Crippen molar-refractivity contribution >= 4 is 28.9 Å². The number of benzene rings is 1. The van der Waals surface area contributed by atoms with E-state index in [-0.39, 0.29) is 16.7 Å². The molecule has 1 aliphatic heterocycles. The number of hydroxylamine groups is 2. The number of nitrogens with zero attached hydrogens (tertiary/aromatic N) is 4. The number of imide groups is 1. The van der Waals surface area contributed by atoms with Crippen LogP contribution in [0.15, 0.2) is 42.9 Å². The first-order valence-electron chi connectivity index (χ1n) is 7.04. The number of pyridine rings is 1. The van der Waals surface area contributed by atoms with Gasteiger partial charge in [-0.1, -0.05) is 17.2 Å². The third-order valence-electron chi connectivity index (χ3n) is 3.75. The largest absolute Gasteiger partial charge is 0.366 e. The molecule has 0 atom stereocenters. The number of carbonyl (C=O) groups excluding carboxylic acids is 3. The van der Waals surface area contributed by atoms with E-state index in [0.717, 1.165) is 0 Å². The summed E-state index contributed by atoms with van der Waals surface area (Å²) in [6.07, 6.45) is 2.94. The molecule has 2 amide bonds. The molecule has 2 aromatic heterocycles. The van der Waals surface area contributed by atoms with E-state index in [9.17, 15) is 14.4 Å². The van der Waals surface area contributed by atoms with Gasteiger partial charge in [0, 0.05) is 13.2 Å². The molecule has 118 valence electrons. The van der Waals surface area contributed by atoms with Crippen molar-refractivity contribution in [1.29, 1.82) is 0 Å². The van der Waals surface area contributed by atoms with Gasteiger partial charge < -0.3 is 9.40 Å². The van der Waals surface area contributed by atoms with E-state index >= 15 is 0 Å². The minimum Gasteiger partial charge on any atom is -0.324 e. The molecule has 4 rings (SSSR count). The summed E-state index contributed by atoms with van der Waals surface area (Å²) in [6.45, 7) is 0. The molecule has 3 heterocycles. The van der Waals surface area contributed by atoms with Crippen molar-refractivity contribution in [3.05, 3.63) is 59.5 Å². The summed E-state index contributed by atoms with van der Waals surface area (Å²) < 4.78 is 1.65. The maximum Gasteiger partial charge on any atom is 0.366 e. The number of amides is 2. The fourth-order valence-electron chi connectivity index (χ4n) is 2.57. The quantitative estimate of drug-likeness (QED) is 0.661. The number of aromatic nitrogens is 3. The van der Waals surface area contributed by atoms with Crippen molar-refractivity contribution in [3.8, 4) is 0 Å². The second kappa shape index (κ2) is 4.98. The zero-order valence-electron chi connectivity index (χ0n) is 12.5. The first-order chi connectivity index (χ1) is 11.6. The molecular weight excluding hydrogens is 312 g/mol. The number of fused-ring (bicyclic) bond motifs is 2. The molecule has 3 aromatic rings. The summed E-state index contributed by atoms with van der Waals surface area (Å²) in [5.74, 6) is -2.19. The third kappa shape index (κ3) is 1.89. The molecule has 8 nitrogen and oxygen atoms in total. The fourth-order valence-corrected chi connectivity index (χ4v) is 2.57. The SMILES string of the molecule is Cn1cnc2c(C(=O)ON3C(=O)c4ccccc4C3=O)ccnc21. The van der Waals surface area contributed by atoms with E-state index in [1.54, 1.807) is 23.7 Å². The maximum absolute atomic E-state index is 12.4. The van der Waals surface area contributed by atoms with Crippen molar-refractivity contribution in [2.24, 2.45) is 7.05 Å². The number of hydrogen-bond donors (Lipinski definition) is 0. The lowest BCUT2D eigenvalue weighted by molar-refractivity contribution is -0.0583. The predicted molar refractivity (Wildman–Crippen MR) is 80.9 cm³/mol. The van der Waals surface area contributed by atoms with Gasteiger partial charge in [0.1, 0.15) is 5.52 Å². The van der Waals surface area contributed by atoms with Crippen LogP contribution in [0.1, 0.15) is 31.1 Å². The first-order valence-corrected chi connectivity index (χ1v) is 7.04. The second-order valence-electron chi connectivity index (χ2n) is 5.22. The average Bonchev–Trinajstić information content (AvgIpc) is 3.09. The monoisotopic (exact) mass is 322 g/mol. The molecule has 0 saturated carbocycles. The Kier molecular flexibility index (Phi) is 2.92. The van der Waals surface area contributed by atoms with Gasteiger partial charge in [0.2, 0.25) is 0 Å². The molecular formula is C16H10N4O4. The zero-order chi connectivity index (χ0) is 16.8. The van der Waals surface area contributed by atoms with E-state index in [1.165, 1.54) is 30.7 Å². The van der Waals surface area contributed by atoms with Crippen molar-refractivity contribution < 1.29 is 19.2 Å². The Bertz CT molecular complexity index is 989. The second-order valence-corrected chi connectivity index (χ2v) is 5.22. The van der Waals surface area contributed by atoms with Gasteiger partial charge >= 0.3 is 5.97 Å². The Morgan fingerprint density at radius 2 is 1.71 bits per heavy atom. The molecule has 0 N–H and O–H groups in total. The third-order valence-corrected chi connectivity index (χ3v) is 3.75. The van der Waals surface area contributed by atoms with E-state index in [2.05, 4.69) is 9.97 Å². The lowest BCUT2D eigenvalue weighted by Crippen LogP contribution is -2.32. The van der Waals surface area contributed by atoms with Gasteiger partial charge in [-0.3, -0.25) is 9.59 Å². The highest BCUT2D eigenvalue weighted by atomic mass is 16.7. The van der Waals surface area contributed by atoms with E-state index < -0.39 is 17.8 Å². The number of rotatable bonds is 2. The topological polar surface area (TPSA) is 94.4 Å². The fraction of sp³-hybridized carbons (Fsp3) is 0.0625. The molecule has 0 spiro atoms. The standard InChI is InChI=1S/C16H10N4O4/c1-19-8-18-12-11(6-7-17-13(12)19)16(23)24-20-14(21)9-4-2-3-5-10(9)15(20)22/h2-8H,1H3. The van der Waals surface area contributed by atoms with Gasteiger partial charge in [0.15, 0.2) is 5.65 Å². The summed E-state index contributed by atoms with van der Waals surface area (Å²) in [6, 6.07) is 7.71. The smallest absolute Gasteiger partial charge is 0.324 e. The molecule has 24 heavy (non-hydrogen) atoms. The van der Waals surface area contributed by atoms with Crippen molar-refractivity contribution in [3.63, 3.8) is 0 Å². The van der Waals surface area contributed by atoms with Gasteiger partial charge in [-0.15, -0.1) is 0 Å². The van der Waals surface area contributed by atoms with Gasteiger partial charge in [-0.2, -0.15) is 0 Å². The Balaban J connectivity index is 1.68. The highest BCUT2D eigenvalue weighted by Crippen LogP contribution is 2.24. The molecule has 8 heteroatoms. The van der Waals surface area contributed by atoms with Crippen molar-refractivity contribution in [2.45, 2.75) is 0 Å². The molecule has 0 fully saturated rings. The Morgan fingerprint density at radius 3 is 2.38 bits per heavy atom. The average molecular weight is 322 g/mol. The molecule has 0 radical (unpaired) electrons. The summed E-state index contributed by atoms with van der Waals surface area (Å²) in [5.41, 5.74) is 1.35. The van der Waals surface area contributed by atoms with E-state index in [4.69, 9.17) is 4.84 Å². The van der Waals surface area contributed by atoms with Crippen LogP contribution in [-0.4, -0.2) is 37.4 Å². The predicted octanol–water partition coefficient (Wildman–Crippen LogP) is 1.34. The van der Waals surface area contributed by atoms with Gasteiger partial charge in [0.05, 0.1) is 23.0 Å². The first kappa shape index (κ1) is 14.1. The molecule has 1 aromatic carbocycles. The van der Waals surface area contributed by atoms with Gasteiger partial charge in [-0.05, 0) is 18.2 Å². The Labute approximate surface area is 135 Å². The maximum atomic E-state index is 12.4. The summed E-state index contributed by atoms with van der Waals surface area (Å²) in [7, 11) is 1.74. The van der Waals surface area contributed by atoms with Crippen LogP contribution in [-0.2, 0) is 11.9 Å².